The number of carbonyl (C=O) groups is 2. The van der Waals surface area contributed by atoms with Gasteiger partial charge < -0.3 is 10.0 Å². The number of para-hydroxylation sites is 1. The van der Waals surface area contributed by atoms with E-state index in [0.717, 1.165) is 6.54 Å². The van der Waals surface area contributed by atoms with E-state index >= 15 is 0 Å². The summed E-state index contributed by atoms with van der Waals surface area (Å²) in [4.78, 5) is 29.9. The molecule has 1 saturated carbocycles. The molecule has 2 aliphatic rings. The van der Waals surface area contributed by atoms with Crippen LogP contribution in [0.5, 0.6) is 0 Å². The first-order chi connectivity index (χ1) is 17.6. The molecule has 1 unspecified atom stereocenters. The molecule has 37 heavy (non-hydrogen) atoms. The third kappa shape index (κ3) is 6.56. The minimum atomic E-state index is -2.82. The zero-order valence-electron chi connectivity index (χ0n) is 21.8. The van der Waals surface area contributed by atoms with Gasteiger partial charge in [0.2, 0.25) is 11.8 Å². The molecule has 1 saturated heterocycles. The Kier molecular flexibility index (Phi) is 8.32. The van der Waals surface area contributed by atoms with Crippen molar-refractivity contribution in [2.24, 2.45) is 5.41 Å². The molecule has 1 aliphatic carbocycles. The molecule has 0 radical (unpaired) electrons. The quantitative estimate of drug-likeness (QED) is 0.440. The third-order valence-corrected chi connectivity index (χ3v) is 8.09. The molecule has 5 nitrogen and oxygen atoms in total. The average Bonchev–Trinajstić information content (AvgIpc) is 2.86. The van der Waals surface area contributed by atoms with Crippen LogP contribution in [0, 0.1) is 5.41 Å². The lowest BCUT2D eigenvalue weighted by Crippen LogP contribution is -2.50. The van der Waals surface area contributed by atoms with Gasteiger partial charge in [-0.1, -0.05) is 56.3 Å². The predicted octanol–water partition coefficient (Wildman–Crippen LogP) is 6.48. The van der Waals surface area contributed by atoms with Gasteiger partial charge in [-0.3, -0.25) is 14.5 Å². The largest absolute Gasteiger partial charge is 0.481 e. The minimum Gasteiger partial charge on any atom is -0.481 e. The van der Waals surface area contributed by atoms with Gasteiger partial charge in [0.1, 0.15) is 0 Å². The predicted molar refractivity (Wildman–Crippen MR) is 141 cm³/mol. The maximum atomic E-state index is 14.3. The van der Waals surface area contributed by atoms with Crippen LogP contribution in [-0.4, -0.2) is 46.9 Å². The normalized spacial score (nSPS) is 21.5. The van der Waals surface area contributed by atoms with Crippen LogP contribution in [0.4, 0.5) is 14.5 Å². The summed E-state index contributed by atoms with van der Waals surface area (Å²) >= 11 is 0. The number of rotatable bonds is 8. The molecule has 2 aromatic carbocycles. The van der Waals surface area contributed by atoms with Crippen LogP contribution in [0.15, 0.2) is 54.6 Å². The molecule has 0 spiro atoms. The summed E-state index contributed by atoms with van der Waals surface area (Å²) in [5.41, 5.74) is 1.82. The Labute approximate surface area is 218 Å². The Hall–Kier alpha value is -2.80. The molecular weight excluding hydrogens is 474 g/mol. The number of alkyl halides is 2. The molecule has 1 atom stereocenters. The van der Waals surface area contributed by atoms with Gasteiger partial charge in [0, 0.05) is 37.5 Å². The molecule has 200 valence electrons. The van der Waals surface area contributed by atoms with E-state index in [4.69, 9.17) is 0 Å². The molecular formula is C30H38F2N2O3. The van der Waals surface area contributed by atoms with Crippen molar-refractivity contribution in [3.05, 3.63) is 65.7 Å². The molecule has 2 fully saturated rings. The smallest absolute Gasteiger partial charge is 0.310 e. The number of carboxylic acids is 1. The van der Waals surface area contributed by atoms with Crippen molar-refractivity contribution in [1.82, 2.24) is 4.90 Å². The van der Waals surface area contributed by atoms with E-state index in [-0.39, 0.29) is 18.7 Å². The lowest BCUT2D eigenvalue weighted by Gasteiger charge is -2.42. The van der Waals surface area contributed by atoms with E-state index in [1.807, 2.05) is 6.07 Å². The van der Waals surface area contributed by atoms with Gasteiger partial charge in [-0.05, 0) is 68.0 Å². The van der Waals surface area contributed by atoms with Crippen LogP contribution in [0.1, 0.15) is 75.8 Å². The Morgan fingerprint density at radius 2 is 1.68 bits per heavy atom. The molecule has 7 heteroatoms. The number of nitrogens with zero attached hydrogens (tertiary/aromatic N) is 2. The average molecular weight is 513 g/mol. The molecule has 2 aromatic rings. The minimum absolute atomic E-state index is 0.171. The maximum absolute atomic E-state index is 14.3. The number of halogens is 2. The number of likely N-dealkylation sites (tertiary alicyclic amines) is 1. The molecule has 0 aromatic heterocycles. The van der Waals surface area contributed by atoms with Crippen LogP contribution in [0.25, 0.3) is 0 Å². The first kappa shape index (κ1) is 27.2. The standard InChI is InChI=1S/C30H38F2N2O3/c1-22(2)24-12-10-23(11-13-24)21-33-17-15-29(16-18-33,28(36)37)20-27(35)34(25-7-4-3-5-8-25)26-9-6-14-30(31,32)19-26/h3-5,7-8,10-13,22,26H,6,9,14-21H2,1-2H3,(H,36,37). The summed E-state index contributed by atoms with van der Waals surface area (Å²) in [5.74, 6) is -3.72. The van der Waals surface area contributed by atoms with Gasteiger partial charge in [0.25, 0.3) is 0 Å². The summed E-state index contributed by atoms with van der Waals surface area (Å²) in [6.07, 6.45) is 0.775. The molecule has 1 N–H and O–H groups in total. The van der Waals surface area contributed by atoms with Crippen molar-refractivity contribution in [3.8, 4) is 0 Å². The lowest BCUT2D eigenvalue weighted by molar-refractivity contribution is -0.155. The number of hydrogen-bond donors (Lipinski definition) is 1. The number of anilines is 1. The van der Waals surface area contributed by atoms with Crippen molar-refractivity contribution in [2.75, 3.05) is 18.0 Å². The summed E-state index contributed by atoms with van der Waals surface area (Å²) in [5, 5.41) is 10.2. The summed E-state index contributed by atoms with van der Waals surface area (Å²) < 4.78 is 28.6. The van der Waals surface area contributed by atoms with Crippen molar-refractivity contribution < 1.29 is 23.5 Å². The number of carbonyl (C=O) groups excluding carboxylic acids is 1. The van der Waals surface area contributed by atoms with Crippen LogP contribution in [0.3, 0.4) is 0 Å². The SMILES string of the molecule is CC(C)c1ccc(CN2CCC(CC(=O)N(c3ccccc3)C3CCCC(F)(F)C3)(C(=O)O)CC2)cc1. The first-order valence-electron chi connectivity index (χ1n) is 13.4. The van der Waals surface area contributed by atoms with Crippen molar-refractivity contribution in [3.63, 3.8) is 0 Å². The number of carboxylic acid groups (broad SMARTS) is 1. The fourth-order valence-electron chi connectivity index (χ4n) is 5.76. The molecule has 1 amide bonds. The van der Waals surface area contributed by atoms with Crippen molar-refractivity contribution >= 4 is 17.6 Å². The summed E-state index contributed by atoms with van der Waals surface area (Å²) in [6.45, 7) is 6.18. The lowest BCUT2D eigenvalue weighted by atomic mass is 9.75. The fourth-order valence-corrected chi connectivity index (χ4v) is 5.76. The summed E-state index contributed by atoms with van der Waals surface area (Å²) in [6, 6.07) is 16.7. The van der Waals surface area contributed by atoms with E-state index in [1.165, 1.54) is 16.0 Å². The fraction of sp³-hybridized carbons (Fsp3) is 0.533. The van der Waals surface area contributed by atoms with Crippen LogP contribution < -0.4 is 4.90 Å². The van der Waals surface area contributed by atoms with Crippen LogP contribution >= 0.6 is 0 Å². The molecule has 0 bridgehead atoms. The first-order valence-corrected chi connectivity index (χ1v) is 13.4. The second-order valence-corrected chi connectivity index (χ2v) is 11.1. The number of aliphatic carboxylic acids is 1. The van der Waals surface area contributed by atoms with E-state index < -0.39 is 29.8 Å². The van der Waals surface area contributed by atoms with Gasteiger partial charge in [0.15, 0.2) is 0 Å². The Morgan fingerprint density at radius 1 is 1.03 bits per heavy atom. The van der Waals surface area contributed by atoms with Gasteiger partial charge in [-0.2, -0.15) is 0 Å². The highest BCUT2D eigenvalue weighted by Crippen LogP contribution is 2.40. The molecule has 4 rings (SSSR count). The second kappa shape index (κ2) is 11.3. The summed E-state index contributed by atoms with van der Waals surface area (Å²) in [7, 11) is 0. The molecule has 1 aliphatic heterocycles. The van der Waals surface area contributed by atoms with Crippen LogP contribution in [0.2, 0.25) is 0 Å². The highest BCUT2D eigenvalue weighted by Gasteiger charge is 2.46. The Bertz CT molecular complexity index is 1060. The zero-order valence-corrected chi connectivity index (χ0v) is 21.8. The second-order valence-electron chi connectivity index (χ2n) is 11.1. The van der Waals surface area contributed by atoms with Crippen molar-refractivity contribution in [1.29, 1.82) is 0 Å². The van der Waals surface area contributed by atoms with Gasteiger partial charge in [0.05, 0.1) is 5.41 Å². The van der Waals surface area contributed by atoms with Gasteiger partial charge in [-0.15, -0.1) is 0 Å². The maximum Gasteiger partial charge on any atom is 0.310 e. The van der Waals surface area contributed by atoms with Gasteiger partial charge >= 0.3 is 5.97 Å². The van der Waals surface area contributed by atoms with E-state index in [0.29, 0.717) is 50.4 Å². The highest BCUT2D eigenvalue weighted by atomic mass is 19.3. The topological polar surface area (TPSA) is 60.9 Å². The Balaban J connectivity index is 1.47. The van der Waals surface area contributed by atoms with Crippen molar-refractivity contribution in [2.45, 2.75) is 83.2 Å². The van der Waals surface area contributed by atoms with E-state index in [9.17, 15) is 23.5 Å². The monoisotopic (exact) mass is 512 g/mol. The van der Waals surface area contributed by atoms with E-state index in [1.54, 1.807) is 24.3 Å². The molecule has 1 heterocycles. The highest BCUT2D eigenvalue weighted by molar-refractivity contribution is 5.97. The van der Waals surface area contributed by atoms with Gasteiger partial charge in [-0.25, -0.2) is 8.78 Å². The number of piperidine rings is 1. The third-order valence-electron chi connectivity index (χ3n) is 8.09. The number of amides is 1. The van der Waals surface area contributed by atoms with E-state index in [2.05, 4.69) is 43.0 Å². The van der Waals surface area contributed by atoms with Crippen LogP contribution in [-0.2, 0) is 16.1 Å². The zero-order chi connectivity index (χ0) is 26.6. The number of benzene rings is 2. The number of hydrogen-bond acceptors (Lipinski definition) is 3. The Morgan fingerprint density at radius 3 is 2.24 bits per heavy atom.